The summed E-state index contributed by atoms with van der Waals surface area (Å²) < 4.78 is 0. The third kappa shape index (κ3) is 5.12. The molecular formula is C20H36N4O2. The van der Waals surface area contributed by atoms with Gasteiger partial charge in [-0.15, -0.1) is 0 Å². The molecule has 3 rings (SSSR count). The molecule has 0 radical (unpaired) electrons. The van der Waals surface area contributed by atoms with Crippen LogP contribution in [0.4, 0.5) is 0 Å². The van der Waals surface area contributed by atoms with Crippen molar-refractivity contribution < 1.29 is 9.90 Å². The lowest BCUT2D eigenvalue weighted by molar-refractivity contribution is -0.134. The van der Waals surface area contributed by atoms with Gasteiger partial charge in [0.1, 0.15) is 0 Å². The van der Waals surface area contributed by atoms with Crippen LogP contribution in [0.3, 0.4) is 0 Å². The number of carbonyl (C=O) groups excluding carboxylic acids is 1. The predicted molar refractivity (Wildman–Crippen MR) is 104 cm³/mol. The van der Waals surface area contributed by atoms with Gasteiger partial charge in [-0.1, -0.05) is 32.1 Å². The van der Waals surface area contributed by atoms with Gasteiger partial charge in [-0.05, 0) is 39.0 Å². The molecule has 1 aliphatic heterocycles. The molecule has 1 unspecified atom stereocenters. The van der Waals surface area contributed by atoms with Gasteiger partial charge >= 0.3 is 0 Å². The number of hydrogen-bond acceptors (Lipinski definition) is 3. The number of likely N-dealkylation sites (tertiary alicyclic amines) is 1. The zero-order valence-corrected chi connectivity index (χ0v) is 16.3. The Morgan fingerprint density at radius 2 is 1.88 bits per heavy atom. The second kappa shape index (κ2) is 9.07. The summed E-state index contributed by atoms with van der Waals surface area (Å²) in [6.45, 7) is 4.92. The number of rotatable bonds is 5. The van der Waals surface area contributed by atoms with E-state index in [1.165, 1.54) is 19.3 Å². The SMILES string of the molecule is CCNC(=NCC1(O)CCCCC1)NC1CCN(C(=O)C2CCCC2)C1. The molecule has 0 aromatic rings. The van der Waals surface area contributed by atoms with Crippen LogP contribution in [0, 0.1) is 5.92 Å². The Kier molecular flexibility index (Phi) is 6.79. The first-order valence-corrected chi connectivity index (χ1v) is 10.7. The number of aliphatic hydroxyl groups is 1. The van der Waals surface area contributed by atoms with Gasteiger partial charge < -0.3 is 20.6 Å². The van der Waals surface area contributed by atoms with Crippen molar-refractivity contribution in [2.45, 2.75) is 82.8 Å². The average molecular weight is 365 g/mol. The normalized spacial score (nSPS) is 26.9. The van der Waals surface area contributed by atoms with Gasteiger partial charge in [0, 0.05) is 31.6 Å². The van der Waals surface area contributed by atoms with Crippen molar-refractivity contribution in [1.82, 2.24) is 15.5 Å². The second-order valence-corrected chi connectivity index (χ2v) is 8.38. The van der Waals surface area contributed by atoms with E-state index in [1.54, 1.807) is 0 Å². The molecule has 0 aromatic heterocycles. The summed E-state index contributed by atoms with van der Waals surface area (Å²) in [6, 6.07) is 0.249. The van der Waals surface area contributed by atoms with Gasteiger partial charge in [0.2, 0.25) is 5.91 Å². The van der Waals surface area contributed by atoms with Gasteiger partial charge in [-0.3, -0.25) is 9.79 Å². The lowest BCUT2D eigenvalue weighted by Crippen LogP contribution is -2.46. The molecule has 2 saturated carbocycles. The molecule has 0 bridgehead atoms. The minimum absolute atomic E-state index is 0.249. The van der Waals surface area contributed by atoms with Crippen LogP contribution in [0.15, 0.2) is 4.99 Å². The molecule has 2 aliphatic carbocycles. The van der Waals surface area contributed by atoms with Gasteiger partial charge in [0.15, 0.2) is 5.96 Å². The topological polar surface area (TPSA) is 77.0 Å². The van der Waals surface area contributed by atoms with Crippen molar-refractivity contribution in [2.75, 3.05) is 26.2 Å². The van der Waals surface area contributed by atoms with E-state index in [0.29, 0.717) is 12.5 Å². The molecule has 1 atom stereocenters. The van der Waals surface area contributed by atoms with Crippen molar-refractivity contribution in [3.8, 4) is 0 Å². The predicted octanol–water partition coefficient (Wildman–Crippen LogP) is 2.03. The highest BCUT2D eigenvalue weighted by molar-refractivity contribution is 5.81. The van der Waals surface area contributed by atoms with Crippen LogP contribution in [-0.2, 0) is 4.79 Å². The highest BCUT2D eigenvalue weighted by Crippen LogP contribution is 2.29. The quantitative estimate of drug-likeness (QED) is 0.515. The summed E-state index contributed by atoms with van der Waals surface area (Å²) in [5, 5.41) is 17.4. The standard InChI is InChI=1S/C20H36N4O2/c1-2-21-19(22-15-20(26)11-6-3-7-12-20)23-17-10-13-24(14-17)18(25)16-8-4-5-9-16/h16-17,26H,2-15H2,1H3,(H2,21,22,23). The van der Waals surface area contributed by atoms with E-state index in [2.05, 4.69) is 22.5 Å². The van der Waals surface area contributed by atoms with Crippen LogP contribution < -0.4 is 10.6 Å². The van der Waals surface area contributed by atoms with Crippen LogP contribution in [0.2, 0.25) is 0 Å². The van der Waals surface area contributed by atoms with E-state index >= 15 is 0 Å². The van der Waals surface area contributed by atoms with Crippen molar-refractivity contribution in [3.63, 3.8) is 0 Å². The average Bonchev–Trinajstić information content (AvgIpc) is 3.32. The van der Waals surface area contributed by atoms with Crippen LogP contribution in [0.5, 0.6) is 0 Å². The maximum atomic E-state index is 12.6. The van der Waals surface area contributed by atoms with E-state index < -0.39 is 5.60 Å². The van der Waals surface area contributed by atoms with E-state index in [9.17, 15) is 9.90 Å². The van der Waals surface area contributed by atoms with E-state index in [4.69, 9.17) is 0 Å². The third-order valence-electron chi connectivity index (χ3n) is 6.21. The summed E-state index contributed by atoms with van der Waals surface area (Å²) in [5.41, 5.74) is -0.638. The number of guanidine groups is 1. The molecule has 3 N–H and O–H groups in total. The molecule has 3 aliphatic rings. The molecule has 0 spiro atoms. The van der Waals surface area contributed by atoms with Crippen LogP contribution in [0.1, 0.15) is 71.1 Å². The van der Waals surface area contributed by atoms with Crippen molar-refractivity contribution in [3.05, 3.63) is 0 Å². The molecule has 0 aromatic carbocycles. The Bertz CT molecular complexity index is 496. The molecule has 6 heteroatoms. The van der Waals surface area contributed by atoms with Gasteiger partial charge in [-0.25, -0.2) is 0 Å². The van der Waals surface area contributed by atoms with Gasteiger partial charge in [0.05, 0.1) is 12.1 Å². The molecule has 1 saturated heterocycles. The molecule has 1 amide bonds. The minimum atomic E-state index is -0.638. The van der Waals surface area contributed by atoms with E-state index in [0.717, 1.165) is 70.5 Å². The Morgan fingerprint density at radius 3 is 2.58 bits per heavy atom. The van der Waals surface area contributed by atoms with Crippen molar-refractivity contribution >= 4 is 11.9 Å². The second-order valence-electron chi connectivity index (χ2n) is 8.38. The van der Waals surface area contributed by atoms with E-state index in [-0.39, 0.29) is 12.0 Å². The number of aliphatic imine (C=N–C) groups is 1. The first-order valence-electron chi connectivity index (χ1n) is 10.7. The fourth-order valence-electron chi connectivity index (χ4n) is 4.62. The lowest BCUT2D eigenvalue weighted by Gasteiger charge is -2.30. The monoisotopic (exact) mass is 364 g/mol. The highest BCUT2D eigenvalue weighted by Gasteiger charge is 2.33. The first-order chi connectivity index (χ1) is 12.6. The van der Waals surface area contributed by atoms with Gasteiger partial charge in [0.25, 0.3) is 0 Å². The number of hydrogen-bond donors (Lipinski definition) is 3. The molecular weight excluding hydrogens is 328 g/mol. The van der Waals surface area contributed by atoms with Crippen molar-refractivity contribution in [2.24, 2.45) is 10.9 Å². The largest absolute Gasteiger partial charge is 0.388 e. The van der Waals surface area contributed by atoms with Crippen LogP contribution in [-0.4, -0.2) is 59.7 Å². The fraction of sp³-hybridized carbons (Fsp3) is 0.900. The Labute approximate surface area is 157 Å². The number of carbonyl (C=O) groups is 1. The molecule has 26 heavy (non-hydrogen) atoms. The summed E-state index contributed by atoms with van der Waals surface area (Å²) >= 11 is 0. The summed E-state index contributed by atoms with van der Waals surface area (Å²) in [5.74, 6) is 1.38. The highest BCUT2D eigenvalue weighted by atomic mass is 16.3. The summed E-state index contributed by atoms with van der Waals surface area (Å²) in [7, 11) is 0. The molecule has 3 fully saturated rings. The Balaban J connectivity index is 1.51. The van der Waals surface area contributed by atoms with Crippen molar-refractivity contribution in [1.29, 1.82) is 0 Å². The maximum Gasteiger partial charge on any atom is 0.225 e. The van der Waals surface area contributed by atoms with Crippen LogP contribution >= 0.6 is 0 Å². The minimum Gasteiger partial charge on any atom is -0.388 e. The Hall–Kier alpha value is -1.30. The van der Waals surface area contributed by atoms with Crippen LogP contribution in [0.25, 0.3) is 0 Å². The fourth-order valence-corrected chi connectivity index (χ4v) is 4.62. The first kappa shape index (κ1) is 19.5. The summed E-state index contributed by atoms with van der Waals surface area (Å²) in [6.07, 6.45) is 10.6. The molecule has 1 heterocycles. The molecule has 148 valence electrons. The Morgan fingerprint density at radius 1 is 1.15 bits per heavy atom. The third-order valence-corrected chi connectivity index (χ3v) is 6.21. The number of amides is 1. The smallest absolute Gasteiger partial charge is 0.225 e. The summed E-state index contributed by atoms with van der Waals surface area (Å²) in [4.78, 5) is 19.3. The van der Waals surface area contributed by atoms with E-state index in [1.807, 2.05) is 4.90 Å². The maximum absolute atomic E-state index is 12.6. The zero-order valence-electron chi connectivity index (χ0n) is 16.3. The zero-order chi connectivity index (χ0) is 18.4. The number of nitrogens with zero attached hydrogens (tertiary/aromatic N) is 2. The van der Waals surface area contributed by atoms with Gasteiger partial charge in [-0.2, -0.15) is 0 Å². The number of nitrogens with one attached hydrogen (secondary N) is 2. The molecule has 6 nitrogen and oxygen atoms in total. The lowest BCUT2D eigenvalue weighted by atomic mass is 9.85.